The number of methoxy groups -OCH3 is 1. The predicted molar refractivity (Wildman–Crippen MR) is 81.8 cm³/mol. The Bertz CT molecular complexity index is 808. The summed E-state index contributed by atoms with van der Waals surface area (Å²) in [5.74, 6) is 0.616. The van der Waals surface area contributed by atoms with E-state index < -0.39 is 0 Å². The lowest BCUT2D eigenvalue weighted by atomic mass is 10.1. The molecule has 0 spiro atoms. The Balaban J connectivity index is 1.83. The molecule has 0 aliphatic carbocycles. The highest BCUT2D eigenvalue weighted by atomic mass is 16.5. The van der Waals surface area contributed by atoms with Gasteiger partial charge in [0.15, 0.2) is 0 Å². The molecule has 2 aromatic carbocycles. The Hall–Kier alpha value is -2.82. The lowest BCUT2D eigenvalue weighted by Gasteiger charge is -2.08. The maximum atomic E-state index is 12.3. The van der Waals surface area contributed by atoms with E-state index >= 15 is 0 Å². The lowest BCUT2D eigenvalue weighted by molar-refractivity contribution is 0.102. The number of ether oxygens (including phenoxy) is 1. The van der Waals surface area contributed by atoms with Crippen molar-refractivity contribution in [1.82, 2.24) is 10.2 Å². The van der Waals surface area contributed by atoms with Crippen LogP contribution in [-0.2, 0) is 0 Å². The maximum absolute atomic E-state index is 12.3. The average molecular weight is 281 g/mol. The van der Waals surface area contributed by atoms with Crippen molar-refractivity contribution in [3.63, 3.8) is 0 Å². The Kier molecular flexibility index (Phi) is 3.31. The van der Waals surface area contributed by atoms with Crippen molar-refractivity contribution in [2.24, 2.45) is 0 Å². The number of nitrogens with one attached hydrogen (secondary N) is 2. The maximum Gasteiger partial charge on any atom is 0.255 e. The molecule has 5 nitrogen and oxygen atoms in total. The molecule has 3 rings (SSSR count). The van der Waals surface area contributed by atoms with Crippen molar-refractivity contribution in [3.05, 3.63) is 53.7 Å². The predicted octanol–water partition coefficient (Wildman–Crippen LogP) is 3.13. The number of hydrogen-bond acceptors (Lipinski definition) is 3. The SMILES string of the molecule is COc1ccc(C(=O)Nc2ccc3cn[nH]c3c2)cc1C. The van der Waals surface area contributed by atoms with Crippen LogP contribution in [-0.4, -0.2) is 23.2 Å². The Morgan fingerprint density at radius 2 is 2.10 bits per heavy atom. The van der Waals surface area contributed by atoms with E-state index in [9.17, 15) is 4.79 Å². The van der Waals surface area contributed by atoms with Gasteiger partial charge in [0.1, 0.15) is 5.75 Å². The van der Waals surface area contributed by atoms with Crippen LogP contribution in [0.4, 0.5) is 5.69 Å². The largest absolute Gasteiger partial charge is 0.496 e. The molecule has 0 bridgehead atoms. The zero-order chi connectivity index (χ0) is 14.8. The van der Waals surface area contributed by atoms with E-state index in [0.29, 0.717) is 5.56 Å². The van der Waals surface area contributed by atoms with Crippen molar-refractivity contribution < 1.29 is 9.53 Å². The number of aromatic nitrogens is 2. The molecule has 21 heavy (non-hydrogen) atoms. The summed E-state index contributed by atoms with van der Waals surface area (Å²) >= 11 is 0. The van der Waals surface area contributed by atoms with Crippen LogP contribution in [0.5, 0.6) is 5.75 Å². The molecule has 0 aliphatic heterocycles. The summed E-state index contributed by atoms with van der Waals surface area (Å²) in [6.45, 7) is 1.91. The summed E-state index contributed by atoms with van der Waals surface area (Å²) in [7, 11) is 1.61. The van der Waals surface area contributed by atoms with Crippen LogP contribution < -0.4 is 10.1 Å². The van der Waals surface area contributed by atoms with Gasteiger partial charge in [0, 0.05) is 16.6 Å². The summed E-state index contributed by atoms with van der Waals surface area (Å²) in [5, 5.41) is 10.7. The lowest BCUT2D eigenvalue weighted by Crippen LogP contribution is -2.12. The van der Waals surface area contributed by atoms with Crippen LogP contribution in [0.1, 0.15) is 15.9 Å². The van der Waals surface area contributed by atoms with E-state index in [4.69, 9.17) is 4.74 Å². The van der Waals surface area contributed by atoms with Crippen molar-refractivity contribution >= 4 is 22.5 Å². The van der Waals surface area contributed by atoms with Gasteiger partial charge in [0.05, 0.1) is 18.8 Å². The second-order valence-corrected chi connectivity index (χ2v) is 4.81. The fraction of sp³-hybridized carbons (Fsp3) is 0.125. The summed E-state index contributed by atoms with van der Waals surface area (Å²) in [5.41, 5.74) is 3.14. The van der Waals surface area contributed by atoms with Crippen LogP contribution in [0.2, 0.25) is 0 Å². The van der Waals surface area contributed by atoms with Crippen molar-refractivity contribution in [3.8, 4) is 5.75 Å². The zero-order valence-electron chi connectivity index (χ0n) is 11.8. The number of nitrogens with zero attached hydrogens (tertiary/aromatic N) is 1. The fourth-order valence-corrected chi connectivity index (χ4v) is 2.24. The third-order valence-electron chi connectivity index (χ3n) is 3.36. The molecular weight excluding hydrogens is 266 g/mol. The van der Waals surface area contributed by atoms with Gasteiger partial charge < -0.3 is 10.1 Å². The molecule has 0 fully saturated rings. The number of aromatic amines is 1. The first-order chi connectivity index (χ1) is 10.2. The number of amides is 1. The Morgan fingerprint density at radius 1 is 1.24 bits per heavy atom. The normalized spacial score (nSPS) is 10.6. The number of carbonyl (C=O) groups excluding carboxylic acids is 1. The molecular formula is C16H15N3O2. The van der Waals surface area contributed by atoms with Gasteiger partial charge in [0.2, 0.25) is 0 Å². The number of rotatable bonds is 3. The molecule has 0 radical (unpaired) electrons. The Labute approximate surface area is 121 Å². The number of aryl methyl sites for hydroxylation is 1. The van der Waals surface area contributed by atoms with Gasteiger partial charge in [-0.05, 0) is 48.9 Å². The standard InChI is InChI=1S/C16H15N3O2/c1-10-7-11(4-6-15(10)21-2)16(20)18-13-5-3-12-9-17-19-14(12)8-13/h3-9H,1-2H3,(H,17,19)(H,18,20). The molecule has 0 aliphatic rings. The second-order valence-electron chi connectivity index (χ2n) is 4.81. The van der Waals surface area contributed by atoms with Crippen LogP contribution in [0.15, 0.2) is 42.6 Å². The first-order valence-corrected chi connectivity index (χ1v) is 6.56. The first-order valence-electron chi connectivity index (χ1n) is 6.56. The summed E-state index contributed by atoms with van der Waals surface area (Å²) in [4.78, 5) is 12.3. The minimum Gasteiger partial charge on any atom is -0.496 e. The van der Waals surface area contributed by atoms with Crippen molar-refractivity contribution in [2.45, 2.75) is 6.92 Å². The highest BCUT2D eigenvalue weighted by Crippen LogP contribution is 2.20. The molecule has 0 saturated carbocycles. The third-order valence-corrected chi connectivity index (χ3v) is 3.36. The number of carbonyl (C=O) groups is 1. The Morgan fingerprint density at radius 3 is 2.86 bits per heavy atom. The monoisotopic (exact) mass is 281 g/mol. The van der Waals surface area contributed by atoms with E-state index in [0.717, 1.165) is 27.9 Å². The highest BCUT2D eigenvalue weighted by Gasteiger charge is 2.09. The third kappa shape index (κ3) is 2.58. The summed E-state index contributed by atoms with van der Waals surface area (Å²) in [6, 6.07) is 11.0. The van der Waals surface area contributed by atoms with Gasteiger partial charge in [-0.15, -0.1) is 0 Å². The van der Waals surface area contributed by atoms with Crippen molar-refractivity contribution in [2.75, 3.05) is 12.4 Å². The number of anilines is 1. The van der Waals surface area contributed by atoms with E-state index in [1.807, 2.05) is 31.2 Å². The average Bonchev–Trinajstić information content (AvgIpc) is 2.94. The molecule has 106 valence electrons. The van der Waals surface area contributed by atoms with Gasteiger partial charge in [-0.2, -0.15) is 5.10 Å². The molecule has 0 saturated heterocycles. The highest BCUT2D eigenvalue weighted by molar-refractivity contribution is 6.05. The van der Waals surface area contributed by atoms with Gasteiger partial charge in [-0.1, -0.05) is 0 Å². The van der Waals surface area contributed by atoms with Crippen LogP contribution in [0, 0.1) is 6.92 Å². The van der Waals surface area contributed by atoms with Crippen LogP contribution in [0.3, 0.4) is 0 Å². The van der Waals surface area contributed by atoms with E-state index in [-0.39, 0.29) is 5.91 Å². The van der Waals surface area contributed by atoms with E-state index in [1.54, 1.807) is 25.4 Å². The molecule has 1 aromatic heterocycles. The topological polar surface area (TPSA) is 67.0 Å². The molecule has 0 unspecified atom stereocenters. The molecule has 1 amide bonds. The van der Waals surface area contributed by atoms with Gasteiger partial charge in [-0.3, -0.25) is 9.89 Å². The summed E-state index contributed by atoms with van der Waals surface area (Å²) in [6.07, 6.45) is 1.74. The molecule has 5 heteroatoms. The van der Waals surface area contributed by atoms with E-state index in [2.05, 4.69) is 15.5 Å². The van der Waals surface area contributed by atoms with E-state index in [1.165, 1.54) is 0 Å². The molecule has 3 aromatic rings. The number of H-pyrrole nitrogens is 1. The minimum atomic E-state index is -0.153. The van der Waals surface area contributed by atoms with Crippen molar-refractivity contribution in [1.29, 1.82) is 0 Å². The van der Waals surface area contributed by atoms with Crippen LogP contribution in [0.25, 0.3) is 10.9 Å². The quantitative estimate of drug-likeness (QED) is 0.775. The fourth-order valence-electron chi connectivity index (χ4n) is 2.24. The number of benzene rings is 2. The number of fused-ring (bicyclic) bond motifs is 1. The van der Waals surface area contributed by atoms with Gasteiger partial charge in [-0.25, -0.2) is 0 Å². The van der Waals surface area contributed by atoms with Gasteiger partial charge >= 0.3 is 0 Å². The molecule has 0 atom stereocenters. The molecule has 2 N–H and O–H groups in total. The molecule has 1 heterocycles. The first kappa shape index (κ1) is 13.2. The second kappa shape index (κ2) is 5.28. The zero-order valence-corrected chi connectivity index (χ0v) is 11.8. The van der Waals surface area contributed by atoms with Gasteiger partial charge in [0.25, 0.3) is 5.91 Å². The van der Waals surface area contributed by atoms with Crippen LogP contribution >= 0.6 is 0 Å². The smallest absolute Gasteiger partial charge is 0.255 e. The summed E-state index contributed by atoms with van der Waals surface area (Å²) < 4.78 is 5.19. The minimum absolute atomic E-state index is 0.153. The number of hydrogen-bond donors (Lipinski definition) is 2.